The summed E-state index contributed by atoms with van der Waals surface area (Å²) in [6.07, 6.45) is 5.22. The summed E-state index contributed by atoms with van der Waals surface area (Å²) in [4.78, 5) is 8.30. The molecule has 0 radical (unpaired) electrons. The fourth-order valence-electron chi connectivity index (χ4n) is 1.93. The first kappa shape index (κ1) is 11.7. The second-order valence-corrected chi connectivity index (χ2v) is 4.42. The van der Waals surface area contributed by atoms with E-state index in [4.69, 9.17) is 12.2 Å². The van der Waals surface area contributed by atoms with Gasteiger partial charge in [0.05, 0.1) is 11.4 Å². The van der Waals surface area contributed by atoms with Gasteiger partial charge in [-0.25, -0.2) is 0 Å². The van der Waals surface area contributed by atoms with Gasteiger partial charge in [0.15, 0.2) is 10.6 Å². The van der Waals surface area contributed by atoms with Crippen LogP contribution in [0.25, 0.3) is 17.1 Å². The minimum Gasteiger partial charge on any atom is -0.266 e. The Morgan fingerprint density at radius 2 is 1.95 bits per heavy atom. The van der Waals surface area contributed by atoms with Gasteiger partial charge in [-0.1, -0.05) is 0 Å². The molecule has 0 aliphatic rings. The molecular weight excluding hydrogens is 258 g/mol. The minimum atomic E-state index is 0.544. The second kappa shape index (κ2) is 4.74. The first-order valence-corrected chi connectivity index (χ1v) is 6.18. The Kier molecular flexibility index (Phi) is 2.92. The molecule has 0 saturated carbocycles. The highest BCUT2D eigenvalue weighted by atomic mass is 32.1. The third-order valence-corrected chi connectivity index (χ3v) is 3.10. The van der Waals surface area contributed by atoms with E-state index in [0.717, 1.165) is 22.8 Å². The molecular formula is C13H11N5S. The molecule has 0 atom stereocenters. The molecule has 0 saturated heterocycles. The topological polar surface area (TPSA) is 59.4 Å². The zero-order chi connectivity index (χ0) is 13.2. The Labute approximate surface area is 115 Å². The van der Waals surface area contributed by atoms with Crippen LogP contribution in [-0.2, 0) is 0 Å². The molecule has 0 spiro atoms. The molecule has 5 nitrogen and oxygen atoms in total. The number of pyridine rings is 2. The highest BCUT2D eigenvalue weighted by Gasteiger charge is 2.12. The van der Waals surface area contributed by atoms with E-state index in [2.05, 4.69) is 20.2 Å². The zero-order valence-corrected chi connectivity index (χ0v) is 11.1. The van der Waals surface area contributed by atoms with Gasteiger partial charge in [-0.15, -0.1) is 0 Å². The minimum absolute atomic E-state index is 0.544. The van der Waals surface area contributed by atoms with Gasteiger partial charge in [0, 0.05) is 24.2 Å². The largest absolute Gasteiger partial charge is 0.266 e. The molecule has 0 aliphatic heterocycles. The molecule has 1 N–H and O–H groups in total. The van der Waals surface area contributed by atoms with Crippen LogP contribution in [0.3, 0.4) is 0 Å². The van der Waals surface area contributed by atoms with Crippen molar-refractivity contribution in [1.82, 2.24) is 24.7 Å². The fourth-order valence-corrected chi connectivity index (χ4v) is 2.16. The molecule has 0 fully saturated rings. The van der Waals surface area contributed by atoms with Crippen LogP contribution in [0, 0.1) is 11.7 Å². The molecule has 3 aromatic rings. The van der Waals surface area contributed by atoms with Crippen molar-refractivity contribution in [2.45, 2.75) is 6.92 Å². The predicted octanol–water partition coefficient (Wildman–Crippen LogP) is 2.70. The number of aromatic amines is 1. The first-order chi connectivity index (χ1) is 9.27. The van der Waals surface area contributed by atoms with E-state index in [0.29, 0.717) is 4.77 Å². The summed E-state index contributed by atoms with van der Waals surface area (Å²) in [6, 6.07) is 7.64. The summed E-state index contributed by atoms with van der Waals surface area (Å²) in [6.45, 7) is 1.94. The number of hydrogen-bond donors (Lipinski definition) is 1. The lowest BCUT2D eigenvalue weighted by atomic mass is 10.2. The van der Waals surface area contributed by atoms with Gasteiger partial charge in [-0.05, 0) is 43.4 Å². The third kappa shape index (κ3) is 2.06. The predicted molar refractivity (Wildman–Crippen MR) is 74.5 cm³/mol. The van der Waals surface area contributed by atoms with Crippen LogP contribution >= 0.6 is 12.2 Å². The van der Waals surface area contributed by atoms with Crippen molar-refractivity contribution in [3.8, 4) is 17.1 Å². The highest BCUT2D eigenvalue weighted by Crippen LogP contribution is 2.21. The van der Waals surface area contributed by atoms with Crippen molar-refractivity contribution in [3.05, 3.63) is 53.3 Å². The molecule has 0 aromatic carbocycles. The number of nitrogens with one attached hydrogen (secondary N) is 1. The quantitative estimate of drug-likeness (QED) is 0.727. The van der Waals surface area contributed by atoms with Crippen LogP contribution in [0.4, 0.5) is 0 Å². The molecule has 3 rings (SSSR count). The lowest BCUT2D eigenvalue weighted by Crippen LogP contribution is -2.01. The average molecular weight is 269 g/mol. The molecule has 0 bridgehead atoms. The van der Waals surface area contributed by atoms with Crippen molar-refractivity contribution in [1.29, 1.82) is 0 Å². The Morgan fingerprint density at radius 3 is 2.68 bits per heavy atom. The van der Waals surface area contributed by atoms with Crippen molar-refractivity contribution in [3.63, 3.8) is 0 Å². The number of aromatic nitrogens is 5. The number of aryl methyl sites for hydroxylation is 1. The molecule has 3 aromatic heterocycles. The Balaban J connectivity index is 2.26. The van der Waals surface area contributed by atoms with Crippen LogP contribution in [0.1, 0.15) is 5.69 Å². The summed E-state index contributed by atoms with van der Waals surface area (Å²) < 4.78 is 2.43. The maximum Gasteiger partial charge on any atom is 0.200 e. The average Bonchev–Trinajstić information content (AvgIpc) is 2.82. The van der Waals surface area contributed by atoms with E-state index in [1.807, 2.05) is 35.8 Å². The fraction of sp³-hybridized carbons (Fsp3) is 0.0769. The standard InChI is InChI=1S/C13H11N5S/c1-9-11(3-2-6-15-9)18-12(16-17-13(18)19)10-4-7-14-8-5-10/h2-8H,1H3,(H,17,19). The third-order valence-electron chi connectivity index (χ3n) is 2.83. The van der Waals surface area contributed by atoms with E-state index in [-0.39, 0.29) is 0 Å². The maximum atomic E-state index is 5.32. The summed E-state index contributed by atoms with van der Waals surface area (Å²) in [5, 5.41) is 7.12. The van der Waals surface area contributed by atoms with E-state index >= 15 is 0 Å². The van der Waals surface area contributed by atoms with Crippen LogP contribution in [0.2, 0.25) is 0 Å². The Hall–Kier alpha value is -2.34. The van der Waals surface area contributed by atoms with Gasteiger partial charge in [-0.3, -0.25) is 19.6 Å². The number of rotatable bonds is 2. The smallest absolute Gasteiger partial charge is 0.200 e. The van der Waals surface area contributed by atoms with Gasteiger partial charge in [-0.2, -0.15) is 5.10 Å². The SMILES string of the molecule is Cc1ncccc1-n1c(-c2ccncc2)n[nH]c1=S. The molecule has 19 heavy (non-hydrogen) atoms. The lowest BCUT2D eigenvalue weighted by molar-refractivity contribution is 0.994. The van der Waals surface area contributed by atoms with Gasteiger partial charge < -0.3 is 0 Å². The molecule has 94 valence electrons. The summed E-state index contributed by atoms with van der Waals surface area (Å²) >= 11 is 5.32. The van der Waals surface area contributed by atoms with Crippen molar-refractivity contribution >= 4 is 12.2 Å². The lowest BCUT2D eigenvalue weighted by Gasteiger charge is -2.08. The van der Waals surface area contributed by atoms with E-state index < -0.39 is 0 Å². The monoisotopic (exact) mass is 269 g/mol. The molecule has 3 heterocycles. The molecule has 0 aliphatic carbocycles. The van der Waals surface area contributed by atoms with Crippen molar-refractivity contribution in [2.24, 2.45) is 0 Å². The highest BCUT2D eigenvalue weighted by molar-refractivity contribution is 7.71. The normalized spacial score (nSPS) is 10.6. The second-order valence-electron chi connectivity index (χ2n) is 4.03. The van der Waals surface area contributed by atoms with Gasteiger partial charge >= 0.3 is 0 Å². The van der Waals surface area contributed by atoms with Crippen LogP contribution in [0.15, 0.2) is 42.9 Å². The Bertz CT molecular complexity index is 760. The zero-order valence-electron chi connectivity index (χ0n) is 10.2. The maximum absolute atomic E-state index is 5.32. The number of H-pyrrole nitrogens is 1. The van der Waals surface area contributed by atoms with E-state index in [9.17, 15) is 0 Å². The summed E-state index contributed by atoms with van der Waals surface area (Å²) in [5.74, 6) is 0.753. The first-order valence-electron chi connectivity index (χ1n) is 5.77. The Morgan fingerprint density at radius 1 is 1.16 bits per heavy atom. The van der Waals surface area contributed by atoms with Crippen LogP contribution in [-0.4, -0.2) is 24.7 Å². The van der Waals surface area contributed by atoms with Gasteiger partial charge in [0.2, 0.25) is 0 Å². The van der Waals surface area contributed by atoms with Crippen molar-refractivity contribution in [2.75, 3.05) is 0 Å². The van der Waals surface area contributed by atoms with E-state index in [1.54, 1.807) is 18.6 Å². The van der Waals surface area contributed by atoms with Crippen LogP contribution in [0.5, 0.6) is 0 Å². The number of hydrogen-bond acceptors (Lipinski definition) is 4. The molecule has 0 amide bonds. The van der Waals surface area contributed by atoms with Gasteiger partial charge in [0.25, 0.3) is 0 Å². The summed E-state index contributed by atoms with van der Waals surface area (Å²) in [5.41, 5.74) is 2.77. The molecule has 0 unspecified atom stereocenters. The van der Waals surface area contributed by atoms with E-state index in [1.165, 1.54) is 0 Å². The van der Waals surface area contributed by atoms with Crippen molar-refractivity contribution < 1.29 is 0 Å². The molecule has 6 heteroatoms. The summed E-state index contributed by atoms with van der Waals surface area (Å²) in [7, 11) is 0. The van der Waals surface area contributed by atoms with Gasteiger partial charge in [0.1, 0.15) is 0 Å². The number of nitrogens with zero attached hydrogens (tertiary/aromatic N) is 4. The van der Waals surface area contributed by atoms with Crippen LogP contribution < -0.4 is 0 Å².